The van der Waals surface area contributed by atoms with Crippen LogP contribution < -0.4 is 20.1 Å². The third-order valence-electron chi connectivity index (χ3n) is 4.65. The average molecular weight is 505 g/mol. The van der Waals surface area contributed by atoms with Crippen LogP contribution in [0.2, 0.25) is 10.0 Å². The molecule has 3 rings (SSSR count). The third-order valence-corrected chi connectivity index (χ3v) is 6.58. The van der Waals surface area contributed by atoms with E-state index in [2.05, 4.69) is 10.6 Å². The predicted octanol–water partition coefficient (Wildman–Crippen LogP) is 6.38. The van der Waals surface area contributed by atoms with Crippen LogP contribution in [0.5, 0.6) is 11.5 Å². The van der Waals surface area contributed by atoms with Crippen molar-refractivity contribution in [2.45, 2.75) is 17.1 Å². The van der Waals surface area contributed by atoms with E-state index in [0.717, 1.165) is 4.90 Å². The second-order valence-electron chi connectivity index (χ2n) is 6.90. The monoisotopic (exact) mass is 504 g/mol. The van der Waals surface area contributed by atoms with Crippen LogP contribution in [-0.2, 0) is 4.79 Å². The Hall–Kier alpha value is -2.87. The van der Waals surface area contributed by atoms with Crippen LogP contribution >= 0.6 is 35.0 Å². The zero-order chi connectivity index (χ0) is 24.0. The zero-order valence-corrected chi connectivity index (χ0v) is 20.5. The quantitative estimate of drug-likeness (QED) is 0.348. The molecule has 2 N–H and O–H groups in total. The lowest BCUT2D eigenvalue weighted by Crippen LogP contribution is -2.22. The molecule has 0 radical (unpaired) electrons. The molecule has 6 nitrogen and oxygen atoms in total. The van der Waals surface area contributed by atoms with E-state index in [1.54, 1.807) is 55.5 Å². The number of anilines is 2. The maximum absolute atomic E-state index is 12.6. The van der Waals surface area contributed by atoms with E-state index >= 15 is 0 Å². The Morgan fingerprint density at radius 2 is 1.61 bits per heavy atom. The van der Waals surface area contributed by atoms with Gasteiger partial charge in [-0.05, 0) is 61.5 Å². The summed E-state index contributed by atoms with van der Waals surface area (Å²) in [6.07, 6.45) is 0. The lowest BCUT2D eigenvalue weighted by molar-refractivity contribution is -0.115. The number of carbonyl (C=O) groups excluding carboxylic acids is 2. The van der Waals surface area contributed by atoms with E-state index in [1.807, 2.05) is 12.1 Å². The number of amides is 2. The van der Waals surface area contributed by atoms with Crippen molar-refractivity contribution in [3.63, 3.8) is 0 Å². The summed E-state index contributed by atoms with van der Waals surface area (Å²) in [6.45, 7) is 1.80. The third kappa shape index (κ3) is 6.35. The lowest BCUT2D eigenvalue weighted by Gasteiger charge is -2.14. The molecule has 0 aliphatic carbocycles. The van der Waals surface area contributed by atoms with Gasteiger partial charge in [0.1, 0.15) is 0 Å². The Balaban J connectivity index is 1.60. The smallest absolute Gasteiger partial charge is 0.255 e. The standard InChI is InChI=1S/C24H22Cl2N2O4S/c1-14(23(29)28-19-6-4-5-18(25)22(19)26)33-17-10-8-16(9-11-17)27-24(30)15-7-12-20(31-2)21(13-15)32-3/h4-14H,1-3H3,(H,27,30)(H,28,29). The summed E-state index contributed by atoms with van der Waals surface area (Å²) in [4.78, 5) is 26.0. The van der Waals surface area contributed by atoms with E-state index < -0.39 is 0 Å². The van der Waals surface area contributed by atoms with Crippen LogP contribution in [0.1, 0.15) is 17.3 Å². The first-order chi connectivity index (χ1) is 15.8. The molecule has 0 aliphatic rings. The Labute approximate surface area is 206 Å². The molecule has 9 heteroatoms. The molecule has 0 saturated heterocycles. The first kappa shape index (κ1) is 24.8. The van der Waals surface area contributed by atoms with Gasteiger partial charge in [-0.3, -0.25) is 9.59 Å². The number of rotatable bonds is 8. The molecule has 0 bridgehead atoms. The van der Waals surface area contributed by atoms with Crippen LogP contribution in [0.25, 0.3) is 0 Å². The number of nitrogens with one attached hydrogen (secondary N) is 2. The summed E-state index contributed by atoms with van der Waals surface area (Å²) < 4.78 is 10.4. The van der Waals surface area contributed by atoms with Crippen molar-refractivity contribution in [1.82, 2.24) is 0 Å². The van der Waals surface area contributed by atoms with Gasteiger partial charge in [-0.15, -0.1) is 11.8 Å². The number of thioether (sulfide) groups is 1. The minimum atomic E-state index is -0.382. The second kappa shape index (κ2) is 11.3. The average Bonchev–Trinajstić information content (AvgIpc) is 2.82. The van der Waals surface area contributed by atoms with E-state index in [0.29, 0.717) is 38.5 Å². The highest BCUT2D eigenvalue weighted by atomic mass is 35.5. The van der Waals surface area contributed by atoms with Gasteiger partial charge in [-0.25, -0.2) is 0 Å². The predicted molar refractivity (Wildman–Crippen MR) is 134 cm³/mol. The molecule has 2 amide bonds. The summed E-state index contributed by atoms with van der Waals surface area (Å²) in [5.74, 6) is 0.548. The van der Waals surface area contributed by atoms with E-state index in [1.165, 1.54) is 26.0 Å². The molecule has 172 valence electrons. The van der Waals surface area contributed by atoms with Gasteiger partial charge < -0.3 is 20.1 Å². The van der Waals surface area contributed by atoms with Crippen molar-refractivity contribution in [2.24, 2.45) is 0 Å². The summed E-state index contributed by atoms with van der Waals surface area (Å²) >= 11 is 13.5. The number of halogens is 2. The SMILES string of the molecule is COc1ccc(C(=O)Nc2ccc(SC(C)C(=O)Nc3cccc(Cl)c3Cl)cc2)cc1OC. The largest absolute Gasteiger partial charge is 0.493 e. The van der Waals surface area contributed by atoms with E-state index in [4.69, 9.17) is 32.7 Å². The molecule has 0 spiro atoms. The molecule has 0 fully saturated rings. The molecular weight excluding hydrogens is 483 g/mol. The van der Waals surface area contributed by atoms with E-state index in [9.17, 15) is 9.59 Å². The maximum atomic E-state index is 12.6. The molecule has 1 unspecified atom stereocenters. The highest BCUT2D eigenvalue weighted by Crippen LogP contribution is 2.31. The lowest BCUT2D eigenvalue weighted by atomic mass is 10.2. The van der Waals surface area contributed by atoms with Crippen LogP contribution in [0.15, 0.2) is 65.6 Å². The number of benzene rings is 3. The van der Waals surface area contributed by atoms with Gasteiger partial charge in [0.2, 0.25) is 5.91 Å². The van der Waals surface area contributed by atoms with Crippen molar-refractivity contribution < 1.29 is 19.1 Å². The highest BCUT2D eigenvalue weighted by Gasteiger charge is 2.17. The van der Waals surface area contributed by atoms with Gasteiger partial charge in [0.05, 0.1) is 35.2 Å². The molecular formula is C24H22Cl2N2O4S. The second-order valence-corrected chi connectivity index (χ2v) is 9.10. The number of methoxy groups -OCH3 is 2. The van der Waals surface area contributed by atoms with Crippen LogP contribution in [0.3, 0.4) is 0 Å². The minimum absolute atomic E-state index is 0.199. The summed E-state index contributed by atoms with van der Waals surface area (Å²) in [5.41, 5.74) is 1.54. The van der Waals surface area contributed by atoms with Crippen molar-refractivity contribution >= 4 is 58.2 Å². The molecule has 0 aliphatic heterocycles. The highest BCUT2D eigenvalue weighted by molar-refractivity contribution is 8.00. The Morgan fingerprint density at radius 3 is 2.27 bits per heavy atom. The number of carbonyl (C=O) groups is 2. The molecule has 33 heavy (non-hydrogen) atoms. The van der Waals surface area contributed by atoms with Gasteiger partial charge in [0.15, 0.2) is 11.5 Å². The Morgan fingerprint density at radius 1 is 0.909 bits per heavy atom. The van der Waals surface area contributed by atoms with Gasteiger partial charge in [0.25, 0.3) is 5.91 Å². The molecule has 0 aromatic heterocycles. The fraction of sp³-hybridized carbons (Fsp3) is 0.167. The van der Waals surface area contributed by atoms with Crippen molar-refractivity contribution in [3.05, 3.63) is 76.3 Å². The van der Waals surface area contributed by atoms with Crippen LogP contribution in [-0.4, -0.2) is 31.3 Å². The van der Waals surface area contributed by atoms with E-state index in [-0.39, 0.29) is 17.1 Å². The first-order valence-electron chi connectivity index (χ1n) is 9.87. The molecule has 0 saturated carbocycles. The van der Waals surface area contributed by atoms with Crippen molar-refractivity contribution in [2.75, 3.05) is 24.9 Å². The van der Waals surface area contributed by atoms with Gasteiger partial charge >= 0.3 is 0 Å². The Bertz CT molecular complexity index is 1160. The maximum Gasteiger partial charge on any atom is 0.255 e. The van der Waals surface area contributed by atoms with Gasteiger partial charge in [-0.2, -0.15) is 0 Å². The normalized spacial score (nSPS) is 11.4. The molecule has 3 aromatic carbocycles. The van der Waals surface area contributed by atoms with Gasteiger partial charge in [0, 0.05) is 16.1 Å². The fourth-order valence-electron chi connectivity index (χ4n) is 2.89. The molecule has 3 aromatic rings. The summed E-state index contributed by atoms with van der Waals surface area (Å²) in [6, 6.07) is 17.3. The molecule has 1 atom stereocenters. The summed E-state index contributed by atoms with van der Waals surface area (Å²) in [5, 5.41) is 5.93. The zero-order valence-electron chi connectivity index (χ0n) is 18.1. The first-order valence-corrected chi connectivity index (χ1v) is 11.5. The van der Waals surface area contributed by atoms with Crippen molar-refractivity contribution in [3.8, 4) is 11.5 Å². The fourth-order valence-corrected chi connectivity index (χ4v) is 4.11. The number of hydrogen-bond acceptors (Lipinski definition) is 5. The van der Waals surface area contributed by atoms with Crippen LogP contribution in [0.4, 0.5) is 11.4 Å². The topological polar surface area (TPSA) is 76.7 Å². The number of ether oxygens (including phenoxy) is 2. The molecule has 0 heterocycles. The number of hydrogen-bond donors (Lipinski definition) is 2. The van der Waals surface area contributed by atoms with Crippen LogP contribution in [0, 0.1) is 0 Å². The minimum Gasteiger partial charge on any atom is -0.493 e. The van der Waals surface area contributed by atoms with Gasteiger partial charge in [-0.1, -0.05) is 29.3 Å². The summed E-state index contributed by atoms with van der Waals surface area (Å²) in [7, 11) is 3.05. The Kier molecular flexibility index (Phi) is 8.49. The van der Waals surface area contributed by atoms with Crippen molar-refractivity contribution in [1.29, 1.82) is 0 Å².